The topological polar surface area (TPSA) is 32.8 Å². The van der Waals surface area contributed by atoms with Crippen molar-refractivity contribution in [3.63, 3.8) is 0 Å². The third-order valence-electron chi connectivity index (χ3n) is 4.47. The van der Waals surface area contributed by atoms with E-state index in [2.05, 4.69) is 4.90 Å². The summed E-state index contributed by atoms with van der Waals surface area (Å²) in [6, 6.07) is 15.6. The first-order valence-electron chi connectivity index (χ1n) is 8.56. The number of halogens is 1. The third kappa shape index (κ3) is 4.26. The molecule has 1 amide bonds. The molecule has 5 heteroatoms. The van der Waals surface area contributed by atoms with E-state index in [0.29, 0.717) is 13.1 Å². The van der Waals surface area contributed by atoms with Gasteiger partial charge in [0.25, 0.3) is 5.91 Å². The number of carbonyl (C=O) groups excluding carboxylic acids is 1. The van der Waals surface area contributed by atoms with E-state index in [1.54, 1.807) is 0 Å². The molecule has 1 aliphatic heterocycles. The second kappa shape index (κ2) is 7.79. The molecule has 3 rings (SSSR count). The summed E-state index contributed by atoms with van der Waals surface area (Å²) in [4.78, 5) is 16.7. The van der Waals surface area contributed by atoms with Crippen molar-refractivity contribution in [2.75, 3.05) is 31.1 Å². The van der Waals surface area contributed by atoms with Gasteiger partial charge in [-0.05, 0) is 38.1 Å². The lowest BCUT2D eigenvalue weighted by molar-refractivity contribution is -0.138. The van der Waals surface area contributed by atoms with Gasteiger partial charge in [0.15, 0.2) is 6.10 Å². The Morgan fingerprint density at radius 3 is 2.32 bits per heavy atom. The summed E-state index contributed by atoms with van der Waals surface area (Å²) in [7, 11) is 0. The van der Waals surface area contributed by atoms with Crippen LogP contribution in [0.1, 0.15) is 12.5 Å². The minimum Gasteiger partial charge on any atom is -0.481 e. The van der Waals surface area contributed by atoms with Crippen LogP contribution in [0.2, 0.25) is 5.02 Å². The lowest BCUT2D eigenvalue weighted by Gasteiger charge is -2.37. The maximum absolute atomic E-state index is 12.6. The van der Waals surface area contributed by atoms with Gasteiger partial charge >= 0.3 is 0 Å². The van der Waals surface area contributed by atoms with Crippen LogP contribution in [-0.2, 0) is 4.79 Å². The average Bonchev–Trinajstić information content (AvgIpc) is 2.63. The molecule has 132 valence electrons. The van der Waals surface area contributed by atoms with Gasteiger partial charge in [0, 0.05) is 26.2 Å². The number of anilines is 1. The number of ether oxygens (including phenoxy) is 1. The molecule has 1 saturated heterocycles. The molecule has 2 aromatic carbocycles. The molecule has 2 aromatic rings. The van der Waals surface area contributed by atoms with Crippen LogP contribution in [0.25, 0.3) is 0 Å². The van der Waals surface area contributed by atoms with Gasteiger partial charge in [-0.2, -0.15) is 0 Å². The van der Waals surface area contributed by atoms with Gasteiger partial charge < -0.3 is 14.5 Å². The minimum atomic E-state index is -0.491. The zero-order valence-electron chi connectivity index (χ0n) is 14.6. The summed E-state index contributed by atoms with van der Waals surface area (Å²) in [5.41, 5.74) is 2.20. The number of hydrogen-bond acceptors (Lipinski definition) is 3. The van der Waals surface area contributed by atoms with Crippen LogP contribution in [-0.4, -0.2) is 43.1 Å². The van der Waals surface area contributed by atoms with Gasteiger partial charge in [0.2, 0.25) is 0 Å². The predicted molar refractivity (Wildman–Crippen MR) is 102 cm³/mol. The van der Waals surface area contributed by atoms with Crippen LogP contribution in [0.3, 0.4) is 0 Å². The minimum absolute atomic E-state index is 0.0272. The maximum atomic E-state index is 12.6. The van der Waals surface area contributed by atoms with Crippen molar-refractivity contribution in [2.24, 2.45) is 0 Å². The van der Waals surface area contributed by atoms with E-state index in [9.17, 15) is 4.79 Å². The molecule has 4 nitrogen and oxygen atoms in total. The van der Waals surface area contributed by atoms with Crippen molar-refractivity contribution in [1.82, 2.24) is 4.90 Å². The van der Waals surface area contributed by atoms with E-state index >= 15 is 0 Å². The normalized spacial score (nSPS) is 15.8. The summed E-state index contributed by atoms with van der Waals surface area (Å²) in [6.07, 6.45) is -0.491. The van der Waals surface area contributed by atoms with E-state index in [1.807, 2.05) is 67.3 Å². The highest BCUT2D eigenvalue weighted by Gasteiger charge is 2.26. The highest BCUT2D eigenvalue weighted by molar-refractivity contribution is 6.33. The zero-order valence-corrected chi connectivity index (χ0v) is 15.4. The fraction of sp³-hybridized carbons (Fsp3) is 0.350. The third-order valence-corrected chi connectivity index (χ3v) is 4.79. The summed E-state index contributed by atoms with van der Waals surface area (Å²) in [5.74, 6) is 0.750. The Morgan fingerprint density at radius 1 is 1.04 bits per heavy atom. The molecular formula is C20H23ClN2O2. The molecule has 0 aliphatic carbocycles. The number of nitrogens with zero attached hydrogens (tertiary/aromatic N) is 2. The molecule has 25 heavy (non-hydrogen) atoms. The Balaban J connectivity index is 1.56. The van der Waals surface area contributed by atoms with Crippen LogP contribution in [0.4, 0.5) is 5.69 Å². The predicted octanol–water partition coefficient (Wildman–Crippen LogP) is 3.76. The first kappa shape index (κ1) is 17.6. The number of para-hydroxylation sites is 1. The molecular weight excluding hydrogens is 336 g/mol. The van der Waals surface area contributed by atoms with Crippen LogP contribution >= 0.6 is 11.6 Å². The van der Waals surface area contributed by atoms with Crippen LogP contribution in [0.15, 0.2) is 48.5 Å². The number of amides is 1. The number of hydrogen-bond donors (Lipinski definition) is 0. The molecule has 1 heterocycles. The van der Waals surface area contributed by atoms with Gasteiger partial charge in [0.05, 0.1) is 10.7 Å². The summed E-state index contributed by atoms with van der Waals surface area (Å²) in [6.45, 7) is 6.72. The summed E-state index contributed by atoms with van der Waals surface area (Å²) < 4.78 is 5.79. The lowest BCUT2D eigenvalue weighted by atomic mass is 10.2. The molecule has 1 atom stereocenters. The fourth-order valence-corrected chi connectivity index (χ4v) is 3.26. The molecule has 0 N–H and O–H groups in total. The average molecular weight is 359 g/mol. The van der Waals surface area contributed by atoms with Gasteiger partial charge in [-0.25, -0.2) is 0 Å². The maximum Gasteiger partial charge on any atom is 0.263 e. The largest absolute Gasteiger partial charge is 0.481 e. The molecule has 0 saturated carbocycles. The van der Waals surface area contributed by atoms with Gasteiger partial charge in [-0.1, -0.05) is 41.4 Å². The van der Waals surface area contributed by atoms with Crippen molar-refractivity contribution in [3.8, 4) is 5.75 Å². The van der Waals surface area contributed by atoms with Crippen molar-refractivity contribution < 1.29 is 9.53 Å². The number of benzene rings is 2. The monoisotopic (exact) mass is 358 g/mol. The Morgan fingerprint density at radius 2 is 1.68 bits per heavy atom. The number of aryl methyl sites for hydroxylation is 1. The Hall–Kier alpha value is -2.20. The van der Waals surface area contributed by atoms with Crippen molar-refractivity contribution in [2.45, 2.75) is 20.0 Å². The molecule has 1 fully saturated rings. The van der Waals surface area contributed by atoms with E-state index in [0.717, 1.165) is 29.5 Å². The number of carbonyl (C=O) groups is 1. The highest BCUT2D eigenvalue weighted by Crippen LogP contribution is 2.26. The Bertz CT molecular complexity index is 725. The second-order valence-electron chi connectivity index (χ2n) is 6.34. The van der Waals surface area contributed by atoms with Crippen molar-refractivity contribution in [3.05, 3.63) is 59.1 Å². The van der Waals surface area contributed by atoms with Crippen molar-refractivity contribution >= 4 is 23.2 Å². The molecule has 0 radical (unpaired) electrons. The molecule has 1 aliphatic rings. The van der Waals surface area contributed by atoms with Crippen LogP contribution in [0, 0.1) is 6.92 Å². The van der Waals surface area contributed by atoms with Gasteiger partial charge in [-0.3, -0.25) is 4.79 Å². The second-order valence-corrected chi connectivity index (χ2v) is 6.74. The fourth-order valence-electron chi connectivity index (χ4n) is 3.00. The number of rotatable bonds is 4. The van der Waals surface area contributed by atoms with Crippen molar-refractivity contribution in [1.29, 1.82) is 0 Å². The Kier molecular flexibility index (Phi) is 5.49. The summed E-state index contributed by atoms with van der Waals surface area (Å²) in [5, 5.41) is 0.748. The first-order chi connectivity index (χ1) is 12.0. The lowest BCUT2D eigenvalue weighted by Crippen LogP contribution is -2.52. The SMILES string of the molecule is Cc1ccc(OC(C)C(=O)N2CCN(c3ccccc3Cl)CC2)cc1. The Labute approximate surface area is 154 Å². The first-order valence-corrected chi connectivity index (χ1v) is 8.94. The molecule has 0 bridgehead atoms. The van der Waals surface area contributed by atoms with E-state index in [-0.39, 0.29) is 5.91 Å². The van der Waals surface area contributed by atoms with Crippen LogP contribution < -0.4 is 9.64 Å². The summed E-state index contributed by atoms with van der Waals surface area (Å²) >= 11 is 6.27. The highest BCUT2D eigenvalue weighted by atomic mass is 35.5. The van der Waals surface area contributed by atoms with Crippen LogP contribution in [0.5, 0.6) is 5.75 Å². The van der Waals surface area contributed by atoms with Gasteiger partial charge in [-0.15, -0.1) is 0 Å². The number of piperazine rings is 1. The molecule has 0 aromatic heterocycles. The van der Waals surface area contributed by atoms with E-state index < -0.39 is 6.10 Å². The quantitative estimate of drug-likeness (QED) is 0.834. The molecule has 0 spiro atoms. The molecule has 1 unspecified atom stereocenters. The van der Waals surface area contributed by atoms with E-state index in [4.69, 9.17) is 16.3 Å². The zero-order chi connectivity index (χ0) is 17.8. The van der Waals surface area contributed by atoms with E-state index in [1.165, 1.54) is 5.56 Å². The van der Waals surface area contributed by atoms with Gasteiger partial charge in [0.1, 0.15) is 5.75 Å². The smallest absolute Gasteiger partial charge is 0.263 e. The standard InChI is InChI=1S/C20H23ClN2O2/c1-15-7-9-17(10-8-15)25-16(2)20(24)23-13-11-22(12-14-23)19-6-4-3-5-18(19)21/h3-10,16H,11-14H2,1-2H3.